The lowest BCUT2D eigenvalue weighted by atomic mass is 10.3. The smallest absolute Gasteiger partial charge is 0.243 e. The van der Waals surface area contributed by atoms with Crippen LogP contribution in [0.2, 0.25) is 0 Å². The molecule has 0 bridgehead atoms. The summed E-state index contributed by atoms with van der Waals surface area (Å²) < 4.78 is 13.1. The SMILES string of the molecule is CCC1CN(C(=NC)NCC(=O)Nc2cccc(F)c2)CCS1.I. The van der Waals surface area contributed by atoms with Crippen LogP contribution in [0, 0.1) is 5.82 Å². The summed E-state index contributed by atoms with van der Waals surface area (Å²) in [5.74, 6) is 1.20. The molecule has 0 spiro atoms. The third kappa shape index (κ3) is 6.46. The van der Waals surface area contributed by atoms with Crippen molar-refractivity contribution in [3.05, 3.63) is 30.1 Å². The predicted molar refractivity (Wildman–Crippen MR) is 110 cm³/mol. The number of guanidine groups is 1. The number of benzene rings is 1. The average Bonchev–Trinajstić information content (AvgIpc) is 2.55. The fourth-order valence-electron chi connectivity index (χ4n) is 2.42. The summed E-state index contributed by atoms with van der Waals surface area (Å²) in [6.07, 6.45) is 1.12. The minimum Gasteiger partial charge on any atom is -0.347 e. The molecule has 1 aliphatic rings. The van der Waals surface area contributed by atoms with E-state index >= 15 is 0 Å². The predicted octanol–water partition coefficient (Wildman–Crippen LogP) is 2.79. The van der Waals surface area contributed by atoms with Crippen LogP contribution in [0.3, 0.4) is 0 Å². The van der Waals surface area contributed by atoms with Crippen LogP contribution in [0.1, 0.15) is 13.3 Å². The van der Waals surface area contributed by atoms with Crippen LogP contribution < -0.4 is 10.6 Å². The molecule has 0 aliphatic carbocycles. The van der Waals surface area contributed by atoms with Gasteiger partial charge in [0.2, 0.25) is 5.91 Å². The molecule has 1 atom stereocenters. The second kappa shape index (κ2) is 10.8. The number of halogens is 2. The van der Waals surface area contributed by atoms with E-state index in [9.17, 15) is 9.18 Å². The van der Waals surface area contributed by atoms with Gasteiger partial charge in [-0.25, -0.2) is 4.39 Å². The zero-order chi connectivity index (χ0) is 16.7. The molecular formula is C16H24FIN4OS. The molecule has 0 aromatic heterocycles. The van der Waals surface area contributed by atoms with Crippen LogP contribution in [-0.4, -0.2) is 54.5 Å². The van der Waals surface area contributed by atoms with Gasteiger partial charge in [-0.2, -0.15) is 11.8 Å². The molecule has 5 nitrogen and oxygen atoms in total. The van der Waals surface area contributed by atoms with Crippen LogP contribution >= 0.6 is 35.7 Å². The highest BCUT2D eigenvalue weighted by Gasteiger charge is 2.21. The summed E-state index contributed by atoms with van der Waals surface area (Å²) >= 11 is 1.98. The molecule has 1 aromatic carbocycles. The average molecular weight is 466 g/mol. The van der Waals surface area contributed by atoms with Crippen molar-refractivity contribution >= 4 is 53.3 Å². The first-order valence-corrected chi connectivity index (χ1v) is 8.80. The minimum absolute atomic E-state index is 0. The first-order valence-electron chi connectivity index (χ1n) is 7.75. The Labute approximate surface area is 163 Å². The van der Waals surface area contributed by atoms with Crippen molar-refractivity contribution < 1.29 is 9.18 Å². The second-order valence-corrected chi connectivity index (χ2v) is 6.71. The number of hydrogen-bond acceptors (Lipinski definition) is 3. The largest absolute Gasteiger partial charge is 0.347 e. The van der Waals surface area contributed by atoms with Crippen molar-refractivity contribution in [2.45, 2.75) is 18.6 Å². The fourth-order valence-corrected chi connectivity index (χ4v) is 3.60. The molecular weight excluding hydrogens is 442 g/mol. The van der Waals surface area contributed by atoms with Crippen molar-refractivity contribution in [1.29, 1.82) is 0 Å². The summed E-state index contributed by atoms with van der Waals surface area (Å²) in [5.41, 5.74) is 0.451. The Hall–Kier alpha value is -1.03. The summed E-state index contributed by atoms with van der Waals surface area (Å²) in [4.78, 5) is 18.4. The number of nitrogens with one attached hydrogen (secondary N) is 2. The van der Waals surface area contributed by atoms with Gasteiger partial charge in [-0.3, -0.25) is 9.79 Å². The zero-order valence-electron chi connectivity index (χ0n) is 13.9. The Kier molecular flexibility index (Phi) is 9.42. The first-order chi connectivity index (χ1) is 11.1. The van der Waals surface area contributed by atoms with E-state index in [1.165, 1.54) is 12.1 Å². The third-order valence-corrected chi connectivity index (χ3v) is 4.99. The van der Waals surface area contributed by atoms with Crippen molar-refractivity contribution in [3.8, 4) is 0 Å². The van der Waals surface area contributed by atoms with Crippen LogP contribution in [0.15, 0.2) is 29.3 Å². The monoisotopic (exact) mass is 466 g/mol. The van der Waals surface area contributed by atoms with Gasteiger partial charge in [0.25, 0.3) is 0 Å². The molecule has 1 amide bonds. The van der Waals surface area contributed by atoms with Gasteiger partial charge in [0, 0.05) is 36.8 Å². The van der Waals surface area contributed by atoms with Gasteiger partial charge in [0.1, 0.15) is 5.82 Å². The van der Waals surface area contributed by atoms with Gasteiger partial charge >= 0.3 is 0 Å². The molecule has 134 valence electrons. The molecule has 0 radical (unpaired) electrons. The number of nitrogens with zero attached hydrogens (tertiary/aromatic N) is 2. The van der Waals surface area contributed by atoms with Crippen molar-refractivity contribution in [3.63, 3.8) is 0 Å². The molecule has 8 heteroatoms. The summed E-state index contributed by atoms with van der Waals surface area (Å²) in [7, 11) is 1.72. The molecule has 1 unspecified atom stereocenters. The number of hydrogen-bond donors (Lipinski definition) is 2. The molecule has 2 rings (SSSR count). The maximum atomic E-state index is 13.1. The van der Waals surface area contributed by atoms with Crippen molar-refractivity contribution in [2.24, 2.45) is 4.99 Å². The van der Waals surface area contributed by atoms with E-state index in [1.54, 1.807) is 19.2 Å². The topological polar surface area (TPSA) is 56.7 Å². The Bertz CT molecular complexity index is 573. The van der Waals surface area contributed by atoms with Gasteiger partial charge in [-0.1, -0.05) is 13.0 Å². The van der Waals surface area contributed by atoms with Crippen LogP contribution in [0.5, 0.6) is 0 Å². The van der Waals surface area contributed by atoms with E-state index < -0.39 is 0 Å². The molecule has 1 fully saturated rings. The lowest BCUT2D eigenvalue weighted by Crippen LogP contribution is -2.49. The Morgan fingerprint density at radius 3 is 2.96 bits per heavy atom. The van der Waals surface area contributed by atoms with Gasteiger partial charge in [0.05, 0.1) is 6.54 Å². The number of amides is 1. The third-order valence-electron chi connectivity index (χ3n) is 3.62. The summed E-state index contributed by atoms with van der Waals surface area (Å²) in [6, 6.07) is 5.85. The number of carbonyl (C=O) groups excluding carboxylic acids is 1. The van der Waals surface area contributed by atoms with Gasteiger partial charge in [-0.05, 0) is 24.6 Å². The lowest BCUT2D eigenvalue weighted by Gasteiger charge is -2.34. The Morgan fingerprint density at radius 2 is 2.29 bits per heavy atom. The molecule has 24 heavy (non-hydrogen) atoms. The highest BCUT2D eigenvalue weighted by molar-refractivity contribution is 14.0. The lowest BCUT2D eigenvalue weighted by molar-refractivity contribution is -0.115. The number of aliphatic imine (C=N–C) groups is 1. The molecule has 1 aliphatic heterocycles. The number of rotatable bonds is 4. The van der Waals surface area contributed by atoms with Gasteiger partial charge in [-0.15, -0.1) is 24.0 Å². The first kappa shape index (κ1) is 21.0. The molecule has 1 saturated heterocycles. The van der Waals surface area contributed by atoms with Gasteiger partial charge in [0.15, 0.2) is 5.96 Å². The van der Waals surface area contributed by atoms with Crippen LogP contribution in [0.25, 0.3) is 0 Å². The summed E-state index contributed by atoms with van der Waals surface area (Å²) in [6.45, 7) is 4.14. The van der Waals surface area contributed by atoms with E-state index in [0.717, 1.165) is 31.2 Å². The zero-order valence-corrected chi connectivity index (χ0v) is 17.1. The second-order valence-electron chi connectivity index (χ2n) is 5.31. The molecule has 2 N–H and O–H groups in total. The molecule has 1 heterocycles. The maximum Gasteiger partial charge on any atom is 0.243 e. The quantitative estimate of drug-likeness (QED) is 0.407. The van der Waals surface area contributed by atoms with Crippen molar-refractivity contribution in [2.75, 3.05) is 37.8 Å². The Balaban J connectivity index is 0.00000288. The van der Waals surface area contributed by atoms with Crippen LogP contribution in [-0.2, 0) is 4.79 Å². The van der Waals surface area contributed by atoms with E-state index in [-0.39, 0.29) is 42.2 Å². The summed E-state index contributed by atoms with van der Waals surface area (Å²) in [5, 5.41) is 6.35. The highest BCUT2D eigenvalue weighted by atomic mass is 127. The Morgan fingerprint density at radius 1 is 1.50 bits per heavy atom. The number of carbonyl (C=O) groups is 1. The van der Waals surface area contributed by atoms with Crippen LogP contribution in [0.4, 0.5) is 10.1 Å². The van der Waals surface area contributed by atoms with E-state index in [0.29, 0.717) is 10.9 Å². The van der Waals surface area contributed by atoms with E-state index in [4.69, 9.17) is 0 Å². The van der Waals surface area contributed by atoms with Gasteiger partial charge < -0.3 is 15.5 Å². The normalized spacial score (nSPS) is 17.9. The highest BCUT2D eigenvalue weighted by Crippen LogP contribution is 2.20. The number of anilines is 1. The molecule has 1 aromatic rings. The standard InChI is InChI=1S/C16H23FN4OS.HI/c1-3-14-11-21(7-8-23-14)16(18-2)19-10-15(22)20-13-6-4-5-12(17)9-13;/h4-6,9,14H,3,7-8,10-11H2,1-2H3,(H,18,19)(H,20,22);1H. The fraction of sp³-hybridized carbons (Fsp3) is 0.500. The maximum absolute atomic E-state index is 13.1. The van der Waals surface area contributed by atoms with E-state index in [1.807, 2.05) is 11.8 Å². The minimum atomic E-state index is -0.372. The van der Waals surface area contributed by atoms with E-state index in [2.05, 4.69) is 27.4 Å². The molecule has 0 saturated carbocycles. The number of thioether (sulfide) groups is 1. The van der Waals surface area contributed by atoms with Crippen molar-refractivity contribution in [1.82, 2.24) is 10.2 Å².